The highest BCUT2D eigenvalue weighted by Gasteiger charge is 2.97. The summed E-state index contributed by atoms with van der Waals surface area (Å²) >= 11 is 0. The smallest absolute Gasteiger partial charge is 0.460 e. The highest BCUT2D eigenvalue weighted by molar-refractivity contribution is 5.77. The second-order valence-electron chi connectivity index (χ2n) is 5.59. The second-order valence-corrected chi connectivity index (χ2v) is 5.59. The molecule has 0 aromatic carbocycles. The van der Waals surface area contributed by atoms with Crippen LogP contribution in [0.4, 0.5) is 83.7 Å². The Bertz CT molecular complexity index is 735. The van der Waals surface area contributed by atoms with Gasteiger partial charge in [0.15, 0.2) is 0 Å². The first-order valence-corrected chi connectivity index (χ1v) is 6.61. The minimum atomic E-state index is -9.08. The Morgan fingerprint density at radius 1 is 0.455 bits per heavy atom. The summed E-state index contributed by atoms with van der Waals surface area (Å²) in [6, 6.07) is 0. The first-order valence-electron chi connectivity index (χ1n) is 6.61. The topological polar surface area (TPSA) is 55.8 Å². The third-order valence-corrected chi connectivity index (χ3v) is 3.63. The summed E-state index contributed by atoms with van der Waals surface area (Å²) in [6.07, 6.45) is -7.97. The first-order chi connectivity index (χ1) is 14.1. The maximum Gasteiger partial charge on any atom is 0.460 e. The van der Waals surface area contributed by atoms with Crippen molar-refractivity contribution in [3.8, 4) is 0 Å². The highest BCUT2D eigenvalue weighted by Crippen LogP contribution is 2.65. The van der Waals surface area contributed by atoms with Crippen LogP contribution in [-0.4, -0.2) is 64.5 Å². The normalized spacial score (nSPS) is 16.2. The van der Waals surface area contributed by atoms with Crippen molar-refractivity contribution in [2.24, 2.45) is 0 Å². The lowest BCUT2D eigenvalue weighted by atomic mass is 9.87. The van der Waals surface area contributed by atoms with Crippen LogP contribution in [0.5, 0.6) is 0 Å². The fourth-order valence-corrected chi connectivity index (χ4v) is 1.68. The van der Waals surface area contributed by atoms with Crippen molar-refractivity contribution < 1.29 is 103 Å². The van der Waals surface area contributed by atoms with Gasteiger partial charge in [0.1, 0.15) is 0 Å². The van der Waals surface area contributed by atoms with Crippen molar-refractivity contribution in [2.45, 2.75) is 53.4 Å². The highest BCUT2D eigenvalue weighted by atomic mass is 19.4. The summed E-state index contributed by atoms with van der Waals surface area (Å²) < 4.78 is 244. The predicted molar refractivity (Wildman–Crippen MR) is 55.4 cm³/mol. The lowest BCUT2D eigenvalue weighted by molar-refractivity contribution is -0.505. The number of rotatable bonds is 10. The predicted octanol–water partition coefficient (Wildman–Crippen LogP) is 5.58. The van der Waals surface area contributed by atoms with Crippen LogP contribution in [0, 0.1) is 0 Å². The van der Waals surface area contributed by atoms with E-state index in [1.165, 1.54) is 9.88 Å². The second kappa shape index (κ2) is 7.80. The maximum absolute atomic E-state index is 13.5. The van der Waals surface area contributed by atoms with Gasteiger partial charge in [-0.05, 0) is 9.05 Å². The monoisotopic (exact) mass is 546 g/mol. The molecule has 0 aromatic heterocycles. The summed E-state index contributed by atoms with van der Waals surface area (Å²) in [4.78, 5) is 13.0. The van der Waals surface area contributed by atoms with Gasteiger partial charge in [-0.2, -0.15) is 74.6 Å². The number of alkyl halides is 17. The summed E-state index contributed by atoms with van der Waals surface area (Å²) in [5.41, 5.74) is 0. The van der Waals surface area contributed by atoms with E-state index in [0.29, 0.717) is 0 Å². The zero-order valence-corrected chi connectivity index (χ0v) is 13.9. The lowest BCUT2D eigenvalue weighted by Gasteiger charge is -2.44. The van der Waals surface area contributed by atoms with E-state index in [9.17, 15) is 88.5 Å². The molecule has 0 aromatic rings. The zero-order chi connectivity index (χ0) is 27.5. The SMILES string of the molecule is O=C(O)C(OF)(OF)C(F)(F)C(F)(F)C(F)(F)C(F)(F)C(F)(F)C(F)(F)C(F)(F)C(F)(F)F. The molecular formula is C10HF19O4. The number of hydrogen-bond donors (Lipinski definition) is 1. The lowest BCUT2D eigenvalue weighted by Crippen LogP contribution is -2.77. The van der Waals surface area contributed by atoms with Crippen molar-refractivity contribution in [2.75, 3.05) is 0 Å². The molecule has 33 heavy (non-hydrogen) atoms. The third kappa shape index (κ3) is 3.51. The summed E-state index contributed by atoms with van der Waals surface area (Å²) in [6.45, 7) is 0. The fraction of sp³-hybridized carbons (Fsp3) is 0.900. The Labute approximate surface area is 164 Å². The van der Waals surface area contributed by atoms with E-state index in [0.717, 1.165) is 0 Å². The fourth-order valence-electron chi connectivity index (χ4n) is 1.68. The molecule has 0 aliphatic heterocycles. The summed E-state index contributed by atoms with van der Waals surface area (Å²) in [5, 5.41) is 8.01. The molecule has 0 aliphatic rings. The quantitative estimate of drug-likeness (QED) is 0.288. The Morgan fingerprint density at radius 2 is 0.667 bits per heavy atom. The van der Waals surface area contributed by atoms with E-state index in [1.807, 2.05) is 0 Å². The Balaban J connectivity index is 7.11. The average molecular weight is 546 g/mol. The van der Waals surface area contributed by atoms with Crippen molar-refractivity contribution in [3.05, 3.63) is 0 Å². The molecule has 0 saturated carbocycles. The molecule has 0 bridgehead atoms. The van der Waals surface area contributed by atoms with Crippen molar-refractivity contribution in [1.29, 1.82) is 0 Å². The Morgan fingerprint density at radius 3 is 0.848 bits per heavy atom. The van der Waals surface area contributed by atoms with E-state index in [-0.39, 0.29) is 0 Å². The van der Waals surface area contributed by atoms with Gasteiger partial charge < -0.3 is 5.11 Å². The first kappa shape index (κ1) is 31.1. The Kier molecular flexibility index (Phi) is 7.34. The third-order valence-electron chi connectivity index (χ3n) is 3.63. The van der Waals surface area contributed by atoms with Gasteiger partial charge in [0, 0.05) is 0 Å². The van der Waals surface area contributed by atoms with Crippen LogP contribution in [-0.2, 0) is 14.7 Å². The largest absolute Gasteiger partial charge is 0.477 e. The van der Waals surface area contributed by atoms with Crippen molar-refractivity contribution in [3.63, 3.8) is 0 Å². The molecule has 23 heteroatoms. The molecule has 0 amide bonds. The minimum absolute atomic E-state index is 1.35. The van der Waals surface area contributed by atoms with Crippen LogP contribution in [0.1, 0.15) is 0 Å². The van der Waals surface area contributed by atoms with Crippen LogP contribution in [0.3, 0.4) is 0 Å². The number of halogens is 19. The van der Waals surface area contributed by atoms with E-state index >= 15 is 0 Å². The summed E-state index contributed by atoms with van der Waals surface area (Å²) in [5.74, 6) is -72.3. The van der Waals surface area contributed by atoms with Crippen LogP contribution in [0.2, 0.25) is 0 Å². The molecular weight excluding hydrogens is 545 g/mol. The summed E-state index contributed by atoms with van der Waals surface area (Å²) in [7, 11) is 0. The van der Waals surface area contributed by atoms with Crippen LogP contribution >= 0.6 is 0 Å². The molecule has 0 heterocycles. The molecule has 0 spiro atoms. The van der Waals surface area contributed by atoms with Crippen LogP contribution in [0.15, 0.2) is 0 Å². The van der Waals surface area contributed by atoms with E-state index < -0.39 is 59.4 Å². The number of aliphatic carboxylic acids is 1. The van der Waals surface area contributed by atoms with Gasteiger partial charge in [0.25, 0.3) is 0 Å². The van der Waals surface area contributed by atoms with E-state index in [1.54, 1.807) is 0 Å². The average Bonchev–Trinajstić information content (AvgIpc) is 2.60. The zero-order valence-electron chi connectivity index (χ0n) is 13.9. The molecule has 1 N–H and O–H groups in total. The van der Waals surface area contributed by atoms with Gasteiger partial charge >= 0.3 is 59.4 Å². The number of carbonyl (C=O) groups is 1. The molecule has 0 saturated heterocycles. The molecule has 0 unspecified atom stereocenters. The number of carboxylic acids is 1. The van der Waals surface area contributed by atoms with Crippen molar-refractivity contribution in [1.82, 2.24) is 0 Å². The number of hydrogen-bond acceptors (Lipinski definition) is 3. The Hall–Kier alpha value is -1.94. The molecule has 0 radical (unpaired) electrons. The molecule has 0 rings (SSSR count). The van der Waals surface area contributed by atoms with Crippen LogP contribution < -0.4 is 0 Å². The van der Waals surface area contributed by atoms with E-state index in [4.69, 9.17) is 5.11 Å². The molecule has 0 aliphatic carbocycles. The minimum Gasteiger partial charge on any atom is -0.477 e. The molecule has 4 nitrogen and oxygen atoms in total. The van der Waals surface area contributed by atoms with Gasteiger partial charge in [-0.3, -0.25) is 0 Å². The van der Waals surface area contributed by atoms with Gasteiger partial charge in [0.05, 0.1) is 0 Å². The van der Waals surface area contributed by atoms with Gasteiger partial charge in [0.2, 0.25) is 0 Å². The standard InChI is InChI=1S/C10HF19O4/c11-3(12,2(32-28,33-29)1(30)31)4(13,14)5(15,16)6(17,18)7(19,20)8(21,22)9(23,24)10(25,26)27/h(H,30,31). The van der Waals surface area contributed by atoms with Gasteiger partial charge in [-0.1, -0.05) is 0 Å². The van der Waals surface area contributed by atoms with Gasteiger partial charge in [-0.25, -0.2) is 4.79 Å². The molecule has 0 fully saturated rings. The van der Waals surface area contributed by atoms with Crippen LogP contribution in [0.25, 0.3) is 0 Å². The molecule has 198 valence electrons. The van der Waals surface area contributed by atoms with Gasteiger partial charge in [-0.15, -0.1) is 9.88 Å². The van der Waals surface area contributed by atoms with E-state index in [2.05, 4.69) is 0 Å². The number of carboxylic acid groups (broad SMARTS) is 1. The maximum atomic E-state index is 13.5. The van der Waals surface area contributed by atoms with Crippen molar-refractivity contribution >= 4 is 5.97 Å². The molecule has 0 atom stereocenters.